The molecule has 9 nitrogen and oxygen atoms in total. The van der Waals surface area contributed by atoms with E-state index < -0.39 is 49.9 Å². The van der Waals surface area contributed by atoms with Gasteiger partial charge in [0.15, 0.2) is 16.4 Å². The summed E-state index contributed by atoms with van der Waals surface area (Å²) < 4.78 is 65.7. The second kappa shape index (κ2) is 9.04. The summed E-state index contributed by atoms with van der Waals surface area (Å²) in [4.78, 5) is 26.6. The first-order valence-corrected chi connectivity index (χ1v) is 12.6. The van der Waals surface area contributed by atoms with E-state index in [1.807, 2.05) is 0 Å². The topological polar surface area (TPSA) is 114 Å². The molecule has 1 saturated carbocycles. The van der Waals surface area contributed by atoms with Crippen molar-refractivity contribution in [2.45, 2.75) is 22.8 Å². The van der Waals surface area contributed by atoms with Crippen LogP contribution in [-0.4, -0.2) is 39.7 Å². The fraction of sp³-hybridized carbons (Fsp3) is 0.200. The van der Waals surface area contributed by atoms with Gasteiger partial charge >= 0.3 is 6.03 Å². The molecule has 0 spiro atoms. The molecule has 3 aromatic rings. The highest BCUT2D eigenvalue weighted by atomic mass is 32.2. The molecule has 2 aliphatic rings. The molecule has 0 aromatic heterocycles. The van der Waals surface area contributed by atoms with Gasteiger partial charge in [0.2, 0.25) is 6.79 Å². The third-order valence-electron chi connectivity index (χ3n) is 6.34. The number of carbonyl (C=O) groups is 2. The number of nitrogens with one attached hydrogen (secondary N) is 2. The molecular weight excluding hydrogens is 508 g/mol. The Hall–Kier alpha value is -4.19. The average molecular weight is 530 g/mol. The lowest BCUT2D eigenvalue weighted by Gasteiger charge is -2.26. The Bertz CT molecular complexity index is 1480. The summed E-state index contributed by atoms with van der Waals surface area (Å²) in [5.74, 6) is -2.74. The predicted octanol–water partition coefficient (Wildman–Crippen LogP) is 3.27. The molecule has 3 aromatic carbocycles. The number of ether oxygens (including phenoxy) is 2. The molecule has 192 valence electrons. The fourth-order valence-corrected chi connectivity index (χ4v) is 5.48. The number of fused-ring (bicyclic) bond motifs is 1. The third-order valence-corrected chi connectivity index (χ3v) is 7.73. The van der Waals surface area contributed by atoms with Crippen LogP contribution in [0.4, 0.5) is 19.3 Å². The van der Waals surface area contributed by atoms with E-state index >= 15 is 0 Å². The van der Waals surface area contributed by atoms with E-state index in [0.29, 0.717) is 17.2 Å². The molecule has 0 saturated heterocycles. The molecule has 1 aliphatic heterocycles. The first-order chi connectivity index (χ1) is 17.6. The highest BCUT2D eigenvalue weighted by Gasteiger charge is 2.63. The number of hydrogen-bond acceptors (Lipinski definition) is 6. The number of hydrogen-bond donors (Lipinski definition) is 2. The highest BCUT2D eigenvalue weighted by molar-refractivity contribution is 7.90. The molecule has 1 aliphatic carbocycles. The Balaban J connectivity index is 1.43. The van der Waals surface area contributed by atoms with Gasteiger partial charge in [-0.1, -0.05) is 36.4 Å². The van der Waals surface area contributed by atoms with Crippen LogP contribution in [0.15, 0.2) is 71.6 Å². The number of halogens is 2. The van der Waals surface area contributed by atoms with Crippen LogP contribution in [0, 0.1) is 11.6 Å². The van der Waals surface area contributed by atoms with Gasteiger partial charge in [-0.15, -0.1) is 0 Å². The zero-order valence-corrected chi connectivity index (χ0v) is 20.2. The Kier molecular flexibility index (Phi) is 5.98. The number of anilines is 1. The van der Waals surface area contributed by atoms with Gasteiger partial charge < -0.3 is 19.7 Å². The monoisotopic (exact) mass is 529 g/mol. The molecule has 2 atom stereocenters. The molecule has 3 amide bonds. The van der Waals surface area contributed by atoms with E-state index in [1.165, 1.54) is 11.9 Å². The number of amides is 3. The van der Waals surface area contributed by atoms with Crippen molar-refractivity contribution in [3.63, 3.8) is 0 Å². The van der Waals surface area contributed by atoms with Crippen LogP contribution in [0.2, 0.25) is 0 Å². The summed E-state index contributed by atoms with van der Waals surface area (Å²) >= 11 is 0. The lowest BCUT2D eigenvalue weighted by molar-refractivity contribution is -0.121. The first kappa shape index (κ1) is 24.5. The van der Waals surface area contributed by atoms with E-state index in [1.54, 1.807) is 53.3 Å². The molecule has 2 unspecified atom stereocenters. The molecule has 0 radical (unpaired) electrons. The van der Waals surface area contributed by atoms with E-state index in [0.717, 1.165) is 23.8 Å². The molecule has 37 heavy (non-hydrogen) atoms. The first-order valence-electron chi connectivity index (χ1n) is 11.1. The van der Waals surface area contributed by atoms with Crippen molar-refractivity contribution in [2.75, 3.05) is 18.7 Å². The zero-order chi connectivity index (χ0) is 26.4. The highest BCUT2D eigenvalue weighted by Crippen LogP contribution is 2.53. The maximum Gasteiger partial charge on any atom is 0.329 e. The third kappa shape index (κ3) is 4.44. The molecule has 12 heteroatoms. The number of benzene rings is 3. The SMILES string of the molecule is CN(C(=O)C1(NC(=O)NS(=O)(=O)c2c(F)cccc2F)CC1c1ccccc1)c1ccc2c(c1)OCO2. The second-order valence-electron chi connectivity index (χ2n) is 8.65. The number of nitrogens with zero attached hydrogens (tertiary/aromatic N) is 1. The number of rotatable bonds is 6. The normalized spacial score (nSPS) is 19.7. The minimum absolute atomic E-state index is 0.0509. The van der Waals surface area contributed by atoms with Crippen molar-refractivity contribution < 1.29 is 36.3 Å². The number of carbonyl (C=O) groups excluding carboxylic acids is 2. The van der Waals surface area contributed by atoms with Gasteiger partial charge in [0.1, 0.15) is 17.2 Å². The van der Waals surface area contributed by atoms with Crippen LogP contribution in [0.1, 0.15) is 17.9 Å². The fourth-order valence-electron chi connectivity index (χ4n) is 4.43. The largest absolute Gasteiger partial charge is 0.454 e. The van der Waals surface area contributed by atoms with E-state index in [-0.39, 0.29) is 13.2 Å². The van der Waals surface area contributed by atoms with Crippen molar-refractivity contribution in [3.05, 3.63) is 83.9 Å². The predicted molar refractivity (Wildman–Crippen MR) is 128 cm³/mol. The molecule has 0 bridgehead atoms. The maximum absolute atomic E-state index is 14.1. The van der Waals surface area contributed by atoms with Crippen LogP contribution < -0.4 is 24.4 Å². The van der Waals surface area contributed by atoms with Crippen molar-refractivity contribution in [1.82, 2.24) is 10.0 Å². The Morgan fingerprint density at radius 1 is 0.973 bits per heavy atom. The molecule has 1 heterocycles. The van der Waals surface area contributed by atoms with Gasteiger partial charge in [-0.3, -0.25) is 4.79 Å². The number of urea groups is 1. The van der Waals surface area contributed by atoms with E-state index in [4.69, 9.17) is 9.47 Å². The minimum atomic E-state index is -4.92. The Morgan fingerprint density at radius 3 is 2.35 bits per heavy atom. The molecule has 5 rings (SSSR count). The zero-order valence-electron chi connectivity index (χ0n) is 19.4. The van der Waals surface area contributed by atoms with Crippen LogP contribution >= 0.6 is 0 Å². The van der Waals surface area contributed by atoms with Gasteiger partial charge in [0.05, 0.1) is 0 Å². The molecule has 2 N–H and O–H groups in total. The lowest BCUT2D eigenvalue weighted by Crippen LogP contribution is -2.54. The summed E-state index contributed by atoms with van der Waals surface area (Å²) in [5, 5.41) is 2.46. The number of likely N-dealkylation sites (N-methyl/N-ethyl adjacent to an activating group) is 1. The summed E-state index contributed by atoms with van der Waals surface area (Å²) in [6, 6.07) is 15.0. The summed E-state index contributed by atoms with van der Waals surface area (Å²) in [7, 11) is -3.41. The molecule has 1 fully saturated rings. The van der Waals surface area contributed by atoms with E-state index in [9.17, 15) is 26.8 Å². The lowest BCUT2D eigenvalue weighted by atomic mass is 10.0. The minimum Gasteiger partial charge on any atom is -0.454 e. The van der Waals surface area contributed by atoms with Crippen LogP contribution in [0.25, 0.3) is 0 Å². The Labute approximate surface area is 211 Å². The smallest absolute Gasteiger partial charge is 0.329 e. The van der Waals surface area contributed by atoms with Crippen LogP contribution in [-0.2, 0) is 14.8 Å². The van der Waals surface area contributed by atoms with Crippen molar-refractivity contribution in [1.29, 1.82) is 0 Å². The average Bonchev–Trinajstić information content (AvgIpc) is 3.38. The second-order valence-corrected chi connectivity index (χ2v) is 10.3. The van der Waals surface area contributed by atoms with Gasteiger partial charge in [-0.25, -0.2) is 26.7 Å². The van der Waals surface area contributed by atoms with Crippen molar-refractivity contribution >= 4 is 27.6 Å². The van der Waals surface area contributed by atoms with Gasteiger partial charge in [-0.05, 0) is 36.2 Å². The summed E-state index contributed by atoms with van der Waals surface area (Å²) in [6.45, 7) is 0.0509. The quantitative estimate of drug-likeness (QED) is 0.507. The standard InChI is InChI=1S/C25H21F2N3O6S/c1-30(16-10-11-20-21(12-16)36-14-35-20)23(31)25(13-17(25)15-6-3-2-4-7-15)28-24(32)29-37(33,34)22-18(26)8-5-9-19(22)27/h2-12,17H,13-14H2,1H3,(H2,28,29,32). The van der Waals surface area contributed by atoms with E-state index in [2.05, 4.69) is 5.32 Å². The maximum atomic E-state index is 14.1. The number of sulfonamides is 1. The van der Waals surface area contributed by atoms with Gasteiger partial charge in [-0.2, -0.15) is 0 Å². The summed E-state index contributed by atoms with van der Waals surface area (Å²) in [5.41, 5.74) is -0.311. The van der Waals surface area contributed by atoms with Crippen molar-refractivity contribution in [3.8, 4) is 11.5 Å². The van der Waals surface area contributed by atoms with Crippen LogP contribution in [0.3, 0.4) is 0 Å². The van der Waals surface area contributed by atoms with Crippen molar-refractivity contribution in [2.24, 2.45) is 0 Å². The molecular formula is C25H21F2N3O6S. The van der Waals surface area contributed by atoms with Gasteiger partial charge in [0.25, 0.3) is 15.9 Å². The van der Waals surface area contributed by atoms with Crippen LogP contribution in [0.5, 0.6) is 11.5 Å². The van der Waals surface area contributed by atoms with Gasteiger partial charge in [0, 0.05) is 24.7 Å². The summed E-state index contributed by atoms with van der Waals surface area (Å²) in [6.07, 6.45) is 0.173. The Morgan fingerprint density at radius 2 is 1.65 bits per heavy atom.